The number of hydrogen-bond acceptors (Lipinski definition) is 4. The first kappa shape index (κ1) is 12.9. The molecule has 0 unspecified atom stereocenters. The van der Waals surface area contributed by atoms with Crippen molar-refractivity contribution < 1.29 is 8.42 Å². The van der Waals surface area contributed by atoms with Gasteiger partial charge in [-0.3, -0.25) is 4.31 Å². The van der Waals surface area contributed by atoms with Crippen LogP contribution < -0.4 is 4.31 Å². The second-order valence-electron chi connectivity index (χ2n) is 3.14. The van der Waals surface area contributed by atoms with Crippen LogP contribution in [0.4, 0.5) is 11.4 Å². The minimum absolute atomic E-state index is 0.155. The fourth-order valence-corrected chi connectivity index (χ4v) is 2.46. The van der Waals surface area contributed by atoms with Crippen molar-refractivity contribution in [2.45, 2.75) is 0 Å². The topological polar surface area (TPSA) is 66.8 Å². The fraction of sp³-hybridized carbons (Fsp3) is 0.333. The molecule has 0 aromatic heterocycles. The SMILES string of the molecule is CS(=O)(=O)N(CCCl)c1cccc(N=O)c1. The predicted molar refractivity (Wildman–Crippen MR) is 64.8 cm³/mol. The molecular formula is C9H11ClN2O3S. The van der Waals surface area contributed by atoms with E-state index >= 15 is 0 Å². The minimum atomic E-state index is -3.40. The van der Waals surface area contributed by atoms with Gasteiger partial charge in [-0.2, -0.15) is 0 Å². The number of alkyl halides is 1. The lowest BCUT2D eigenvalue weighted by Crippen LogP contribution is -2.31. The molecule has 0 spiro atoms. The Morgan fingerprint density at radius 2 is 2.12 bits per heavy atom. The van der Waals surface area contributed by atoms with Crippen LogP contribution in [-0.4, -0.2) is 27.1 Å². The zero-order valence-corrected chi connectivity index (χ0v) is 10.2. The molecule has 0 aliphatic carbocycles. The summed E-state index contributed by atoms with van der Waals surface area (Å²) in [5.74, 6) is 0.172. The summed E-state index contributed by atoms with van der Waals surface area (Å²) in [5.41, 5.74) is 0.570. The van der Waals surface area contributed by atoms with Gasteiger partial charge >= 0.3 is 0 Å². The Hall–Kier alpha value is -1.14. The number of sulfonamides is 1. The molecule has 0 fully saturated rings. The lowest BCUT2D eigenvalue weighted by molar-refractivity contribution is 0.598. The third-order valence-electron chi connectivity index (χ3n) is 1.91. The third-order valence-corrected chi connectivity index (χ3v) is 3.27. The number of hydrogen-bond donors (Lipinski definition) is 0. The van der Waals surface area contributed by atoms with Gasteiger partial charge in [0.15, 0.2) is 0 Å². The maximum absolute atomic E-state index is 11.5. The van der Waals surface area contributed by atoms with Crippen LogP contribution in [0.25, 0.3) is 0 Å². The van der Waals surface area contributed by atoms with E-state index in [0.29, 0.717) is 5.69 Å². The third kappa shape index (κ3) is 3.18. The molecule has 0 aliphatic heterocycles. The maximum Gasteiger partial charge on any atom is 0.232 e. The number of anilines is 1. The van der Waals surface area contributed by atoms with E-state index < -0.39 is 10.0 Å². The molecule has 0 bridgehead atoms. The number of nitrogens with zero attached hydrogens (tertiary/aromatic N) is 2. The summed E-state index contributed by atoms with van der Waals surface area (Å²) in [6.07, 6.45) is 1.08. The van der Waals surface area contributed by atoms with Gasteiger partial charge in [0.25, 0.3) is 0 Å². The van der Waals surface area contributed by atoms with Gasteiger partial charge in [-0.05, 0) is 23.4 Å². The summed E-state index contributed by atoms with van der Waals surface area (Å²) >= 11 is 5.53. The normalized spacial score (nSPS) is 11.1. The Balaban J connectivity index is 3.15. The molecule has 1 aromatic carbocycles. The first-order valence-corrected chi connectivity index (χ1v) is 6.84. The van der Waals surface area contributed by atoms with Crippen molar-refractivity contribution >= 4 is 33.0 Å². The molecule has 5 nitrogen and oxygen atoms in total. The molecule has 0 atom stereocenters. The van der Waals surface area contributed by atoms with E-state index in [9.17, 15) is 13.3 Å². The number of rotatable bonds is 5. The average Bonchev–Trinajstić information content (AvgIpc) is 2.24. The number of halogens is 1. The minimum Gasteiger partial charge on any atom is -0.269 e. The van der Waals surface area contributed by atoms with Crippen molar-refractivity contribution in [3.05, 3.63) is 29.2 Å². The van der Waals surface area contributed by atoms with E-state index in [-0.39, 0.29) is 18.1 Å². The van der Waals surface area contributed by atoms with Gasteiger partial charge < -0.3 is 0 Å². The second-order valence-corrected chi connectivity index (χ2v) is 5.42. The number of benzene rings is 1. The molecule has 0 saturated carbocycles. The van der Waals surface area contributed by atoms with E-state index in [1.807, 2.05) is 0 Å². The molecule has 88 valence electrons. The van der Waals surface area contributed by atoms with E-state index in [1.54, 1.807) is 12.1 Å². The van der Waals surface area contributed by atoms with Crippen molar-refractivity contribution in [2.75, 3.05) is 23.0 Å². The van der Waals surface area contributed by atoms with Crippen LogP contribution in [0.1, 0.15) is 0 Å². The van der Waals surface area contributed by atoms with Crippen LogP contribution in [0.15, 0.2) is 29.4 Å². The zero-order chi connectivity index (χ0) is 12.2. The highest BCUT2D eigenvalue weighted by molar-refractivity contribution is 7.92. The van der Waals surface area contributed by atoms with Gasteiger partial charge in [0.2, 0.25) is 10.0 Å². The summed E-state index contributed by atoms with van der Waals surface area (Å²) in [4.78, 5) is 10.3. The molecule has 0 saturated heterocycles. The first-order chi connectivity index (χ1) is 7.49. The standard InChI is InChI=1S/C9H11ClN2O3S/c1-16(14,15)12(6-5-10)9-4-2-3-8(7-9)11-13/h2-4,7H,5-6H2,1H3. The van der Waals surface area contributed by atoms with Gasteiger partial charge in [-0.15, -0.1) is 16.5 Å². The maximum atomic E-state index is 11.5. The molecule has 1 aromatic rings. The molecule has 1 rings (SSSR count). The molecule has 7 heteroatoms. The van der Waals surface area contributed by atoms with Gasteiger partial charge in [0.05, 0.1) is 11.9 Å². The largest absolute Gasteiger partial charge is 0.269 e. The van der Waals surface area contributed by atoms with Crippen LogP contribution in [0.3, 0.4) is 0 Å². The Morgan fingerprint density at radius 1 is 1.44 bits per heavy atom. The predicted octanol–water partition coefficient (Wildman–Crippen LogP) is 2.09. The molecule has 0 heterocycles. The highest BCUT2D eigenvalue weighted by Crippen LogP contribution is 2.23. The van der Waals surface area contributed by atoms with Crippen molar-refractivity contribution in [1.29, 1.82) is 0 Å². The zero-order valence-electron chi connectivity index (χ0n) is 8.63. The lowest BCUT2D eigenvalue weighted by Gasteiger charge is -2.21. The van der Waals surface area contributed by atoms with Gasteiger partial charge in [0.1, 0.15) is 5.69 Å². The molecular weight excluding hydrogens is 252 g/mol. The Morgan fingerprint density at radius 3 is 2.62 bits per heavy atom. The first-order valence-electron chi connectivity index (χ1n) is 4.46. The number of nitroso groups, excluding NO2 is 1. The molecule has 0 radical (unpaired) electrons. The average molecular weight is 263 g/mol. The molecule has 0 N–H and O–H groups in total. The van der Waals surface area contributed by atoms with Crippen molar-refractivity contribution in [1.82, 2.24) is 0 Å². The summed E-state index contributed by atoms with van der Waals surface area (Å²) in [6.45, 7) is 0.155. The second kappa shape index (κ2) is 5.27. The molecule has 0 aliphatic rings. The Kier molecular flexibility index (Phi) is 4.26. The molecule has 0 amide bonds. The van der Waals surface area contributed by atoms with Crippen LogP contribution in [0, 0.1) is 4.91 Å². The smallest absolute Gasteiger partial charge is 0.232 e. The van der Waals surface area contributed by atoms with Crippen LogP contribution in [0.5, 0.6) is 0 Å². The quantitative estimate of drug-likeness (QED) is 0.603. The lowest BCUT2D eigenvalue weighted by atomic mass is 10.3. The highest BCUT2D eigenvalue weighted by atomic mass is 35.5. The van der Waals surface area contributed by atoms with Crippen LogP contribution in [0.2, 0.25) is 0 Å². The monoisotopic (exact) mass is 262 g/mol. The van der Waals surface area contributed by atoms with E-state index in [0.717, 1.165) is 10.6 Å². The molecule has 16 heavy (non-hydrogen) atoms. The van der Waals surface area contributed by atoms with Crippen molar-refractivity contribution in [3.63, 3.8) is 0 Å². The highest BCUT2D eigenvalue weighted by Gasteiger charge is 2.16. The summed E-state index contributed by atoms with van der Waals surface area (Å²) in [7, 11) is -3.40. The summed E-state index contributed by atoms with van der Waals surface area (Å²) in [6, 6.07) is 6.05. The van der Waals surface area contributed by atoms with Crippen LogP contribution >= 0.6 is 11.6 Å². The van der Waals surface area contributed by atoms with Crippen LogP contribution in [-0.2, 0) is 10.0 Å². The van der Waals surface area contributed by atoms with Gasteiger partial charge in [-0.25, -0.2) is 8.42 Å². The Labute approximate surface area is 99.0 Å². The summed E-state index contributed by atoms with van der Waals surface area (Å²) < 4.78 is 24.1. The van der Waals surface area contributed by atoms with E-state index in [1.165, 1.54) is 12.1 Å². The van der Waals surface area contributed by atoms with E-state index in [4.69, 9.17) is 11.6 Å². The fourth-order valence-electron chi connectivity index (χ4n) is 1.27. The summed E-state index contributed by atoms with van der Waals surface area (Å²) in [5, 5.41) is 2.75. The Bertz CT molecular complexity index is 475. The van der Waals surface area contributed by atoms with Gasteiger partial charge in [-0.1, -0.05) is 6.07 Å². The van der Waals surface area contributed by atoms with Crippen molar-refractivity contribution in [3.8, 4) is 0 Å². The van der Waals surface area contributed by atoms with E-state index in [2.05, 4.69) is 5.18 Å². The van der Waals surface area contributed by atoms with Gasteiger partial charge in [0, 0.05) is 12.4 Å². The van der Waals surface area contributed by atoms with Crippen molar-refractivity contribution in [2.24, 2.45) is 5.18 Å².